The lowest BCUT2D eigenvalue weighted by Crippen LogP contribution is -2.40. The number of allylic oxidation sites excluding steroid dienone is 2. The number of nitrogens with zero attached hydrogens (tertiary/aromatic N) is 2. The number of benzene rings is 8. The average Bonchev–Trinajstić information content (AvgIpc) is 3.67. The van der Waals surface area contributed by atoms with Gasteiger partial charge in [-0.05, 0) is 82.4 Å². The zero-order valence-corrected chi connectivity index (χ0v) is 34.4. The lowest BCUT2D eigenvalue weighted by Gasteiger charge is -2.49. The summed E-state index contributed by atoms with van der Waals surface area (Å²) in [4.78, 5) is 7.54. The maximum Gasteiger partial charge on any atom is 0.171 e. The van der Waals surface area contributed by atoms with Gasteiger partial charge in [-0.25, -0.2) is 0 Å². The predicted octanol–water partition coefficient (Wildman–Crippen LogP) is 12.7. The van der Waals surface area contributed by atoms with Crippen LogP contribution in [0.1, 0.15) is 33.7 Å². The Morgan fingerprint density at radius 3 is 1.65 bits per heavy atom. The minimum absolute atomic E-state index is 0.0885. The number of anilines is 5. The first-order chi connectivity index (χ1) is 29.7. The van der Waals surface area contributed by atoms with Gasteiger partial charge < -0.3 is 14.4 Å². The quantitative estimate of drug-likeness (QED) is 0.162. The van der Waals surface area contributed by atoms with Crippen molar-refractivity contribution in [3.05, 3.63) is 252 Å². The summed E-state index contributed by atoms with van der Waals surface area (Å²) in [7, 11) is -3.14. The molecule has 8 aromatic rings. The van der Waals surface area contributed by atoms with Crippen LogP contribution in [0.5, 0.6) is 0 Å². The van der Waals surface area contributed by atoms with Crippen molar-refractivity contribution < 1.29 is 4.57 Å². The monoisotopic (exact) mass is 806 g/mol. The standard InChI is InChI=1S/C55H39N2OPS/c58-59(40-20-6-2-7-21-40,41-22-8-3-9-23-41)42-34-32-39(33-35-42)57-49-28-14-10-24-43(49)44-36-37-48-54(53(44)57)60-52-31-17-13-27-47(52)55(48)45-25-11-15-29-50(45)56(38-18-4-1-5-19-38)51-30-16-12-26-46(51)55/h1-37,43,49H. The third kappa shape index (κ3) is 4.96. The topological polar surface area (TPSA) is 23.6 Å². The van der Waals surface area contributed by atoms with E-state index >= 15 is 4.57 Å². The van der Waals surface area contributed by atoms with Gasteiger partial charge in [0.1, 0.15) is 0 Å². The van der Waals surface area contributed by atoms with Crippen LogP contribution in [0.3, 0.4) is 0 Å². The van der Waals surface area contributed by atoms with Crippen molar-refractivity contribution in [1.82, 2.24) is 0 Å². The summed E-state index contributed by atoms with van der Waals surface area (Å²) in [6.07, 6.45) is 9.10. The molecular formula is C55H39N2OPS. The first-order valence-electron chi connectivity index (χ1n) is 20.6. The molecule has 3 heterocycles. The van der Waals surface area contributed by atoms with Crippen LogP contribution in [0, 0.1) is 0 Å². The minimum atomic E-state index is -3.14. The van der Waals surface area contributed by atoms with Gasteiger partial charge >= 0.3 is 0 Å². The van der Waals surface area contributed by atoms with Gasteiger partial charge in [-0.15, -0.1) is 0 Å². The molecule has 12 rings (SSSR count). The summed E-state index contributed by atoms with van der Waals surface area (Å²) in [5.41, 5.74) is 11.7. The zero-order chi connectivity index (χ0) is 39.8. The molecule has 4 aliphatic rings. The highest BCUT2D eigenvalue weighted by molar-refractivity contribution is 7.99. The van der Waals surface area contributed by atoms with Gasteiger partial charge in [0.2, 0.25) is 0 Å². The molecule has 60 heavy (non-hydrogen) atoms. The van der Waals surface area contributed by atoms with E-state index in [0.29, 0.717) is 0 Å². The van der Waals surface area contributed by atoms with Gasteiger partial charge in [-0.2, -0.15) is 0 Å². The molecule has 1 aliphatic carbocycles. The molecule has 1 spiro atoms. The van der Waals surface area contributed by atoms with Crippen molar-refractivity contribution >= 4 is 63.3 Å². The summed E-state index contributed by atoms with van der Waals surface area (Å²) in [5, 5.41) is 2.50. The second-order valence-electron chi connectivity index (χ2n) is 15.9. The molecule has 0 saturated carbocycles. The van der Waals surface area contributed by atoms with Crippen molar-refractivity contribution in [2.24, 2.45) is 0 Å². The van der Waals surface area contributed by atoms with Crippen molar-refractivity contribution in [1.29, 1.82) is 0 Å². The Kier molecular flexibility index (Phi) is 8.10. The molecule has 0 N–H and O–H groups in total. The Morgan fingerprint density at radius 2 is 1.00 bits per heavy atom. The summed E-state index contributed by atoms with van der Waals surface area (Å²) in [6.45, 7) is 0. The van der Waals surface area contributed by atoms with E-state index in [0.717, 1.165) is 27.3 Å². The van der Waals surface area contributed by atoms with E-state index in [1.807, 2.05) is 72.4 Å². The molecular weight excluding hydrogens is 768 g/mol. The number of hydrogen-bond acceptors (Lipinski definition) is 4. The summed E-state index contributed by atoms with van der Waals surface area (Å²) in [5.74, 6) is 0.183. The van der Waals surface area contributed by atoms with Crippen molar-refractivity contribution in [3.63, 3.8) is 0 Å². The molecule has 3 aliphatic heterocycles. The molecule has 2 unspecified atom stereocenters. The van der Waals surface area contributed by atoms with Gasteiger partial charge in [-0.1, -0.05) is 182 Å². The molecule has 5 heteroatoms. The van der Waals surface area contributed by atoms with E-state index in [9.17, 15) is 0 Å². The number of rotatable bonds is 5. The van der Waals surface area contributed by atoms with E-state index in [1.54, 1.807) is 0 Å². The lowest BCUT2D eigenvalue weighted by molar-refractivity contribution is 0.592. The fourth-order valence-electron chi connectivity index (χ4n) is 10.4. The predicted molar refractivity (Wildman–Crippen MR) is 250 cm³/mol. The van der Waals surface area contributed by atoms with Gasteiger partial charge in [0.05, 0.1) is 28.5 Å². The van der Waals surface area contributed by atoms with Crippen LogP contribution in [0.15, 0.2) is 234 Å². The van der Waals surface area contributed by atoms with Crippen molar-refractivity contribution in [3.8, 4) is 0 Å². The number of para-hydroxylation sites is 3. The molecule has 2 atom stereocenters. The molecule has 286 valence electrons. The Bertz CT molecular complexity index is 2980. The zero-order valence-electron chi connectivity index (χ0n) is 32.7. The largest absolute Gasteiger partial charge is 0.332 e. The minimum Gasteiger partial charge on any atom is -0.332 e. The van der Waals surface area contributed by atoms with Gasteiger partial charge in [0, 0.05) is 43.0 Å². The van der Waals surface area contributed by atoms with Crippen LogP contribution < -0.4 is 25.7 Å². The first-order valence-corrected chi connectivity index (χ1v) is 23.1. The normalized spacial score (nSPS) is 17.6. The van der Waals surface area contributed by atoms with Crippen molar-refractivity contribution in [2.45, 2.75) is 27.2 Å². The fraction of sp³-hybridized carbons (Fsp3) is 0.0545. The van der Waals surface area contributed by atoms with Gasteiger partial charge in [0.25, 0.3) is 0 Å². The Labute approximate surface area is 355 Å². The first kappa shape index (κ1) is 35.4. The van der Waals surface area contributed by atoms with Crippen LogP contribution >= 0.6 is 18.9 Å². The molecule has 0 saturated heterocycles. The van der Waals surface area contributed by atoms with E-state index in [1.165, 1.54) is 54.7 Å². The fourth-order valence-corrected chi connectivity index (χ4v) is 14.4. The van der Waals surface area contributed by atoms with E-state index in [2.05, 4.69) is 174 Å². The lowest BCUT2D eigenvalue weighted by atomic mass is 9.62. The average molecular weight is 807 g/mol. The second-order valence-corrected chi connectivity index (χ2v) is 19.7. The van der Waals surface area contributed by atoms with Crippen LogP contribution in [0.25, 0.3) is 0 Å². The van der Waals surface area contributed by atoms with Crippen LogP contribution in [0.4, 0.5) is 28.4 Å². The summed E-state index contributed by atoms with van der Waals surface area (Å²) in [6, 6.07) is 71.3. The van der Waals surface area contributed by atoms with Crippen LogP contribution in [0.2, 0.25) is 0 Å². The third-order valence-corrected chi connectivity index (χ3v) is 17.2. The molecule has 3 nitrogen and oxygen atoms in total. The molecule has 0 bridgehead atoms. The van der Waals surface area contributed by atoms with Gasteiger partial charge in [0.15, 0.2) is 7.14 Å². The SMILES string of the molecule is O=P(c1ccccc1)(c1ccccc1)c1ccc(N2c3c(ccc4c3Sc3ccccc3C43c4ccccc4N(c4ccccc4)c4ccccc43)C3C=CC=CC32)cc1. The Morgan fingerprint density at radius 1 is 0.467 bits per heavy atom. The van der Waals surface area contributed by atoms with E-state index in [-0.39, 0.29) is 12.0 Å². The van der Waals surface area contributed by atoms with Crippen LogP contribution in [-0.4, -0.2) is 6.04 Å². The molecule has 0 fully saturated rings. The smallest absolute Gasteiger partial charge is 0.171 e. The molecule has 0 amide bonds. The number of fused-ring (bicyclic) bond motifs is 12. The van der Waals surface area contributed by atoms with Gasteiger partial charge in [-0.3, -0.25) is 0 Å². The summed E-state index contributed by atoms with van der Waals surface area (Å²) < 4.78 is 15.4. The maximum atomic E-state index is 15.4. The molecule has 0 aromatic heterocycles. The maximum absolute atomic E-state index is 15.4. The Balaban J connectivity index is 1.09. The number of hydrogen-bond donors (Lipinski definition) is 0. The highest BCUT2D eigenvalue weighted by Gasteiger charge is 2.52. The van der Waals surface area contributed by atoms with E-state index in [4.69, 9.17) is 0 Å². The van der Waals surface area contributed by atoms with E-state index < -0.39 is 12.6 Å². The van der Waals surface area contributed by atoms with Crippen molar-refractivity contribution in [2.75, 3.05) is 9.80 Å². The third-order valence-electron chi connectivity index (χ3n) is 12.9. The highest BCUT2D eigenvalue weighted by atomic mass is 32.2. The summed E-state index contributed by atoms with van der Waals surface area (Å²) >= 11 is 1.90. The van der Waals surface area contributed by atoms with Crippen LogP contribution in [-0.2, 0) is 9.98 Å². The highest BCUT2D eigenvalue weighted by Crippen LogP contribution is 2.66. The second kappa shape index (κ2) is 13.7. The molecule has 0 radical (unpaired) electrons. The Hall–Kier alpha value is -6.58. The molecule has 8 aromatic carbocycles.